The molecule has 0 bridgehead atoms. The molecule has 1 heterocycles. The zero-order valence-electron chi connectivity index (χ0n) is 12.1. The van der Waals surface area contributed by atoms with Gasteiger partial charge < -0.3 is 10.1 Å². The number of hydrogen-bond acceptors (Lipinski definition) is 5. The molecule has 0 atom stereocenters. The molecule has 0 unspecified atom stereocenters. The van der Waals surface area contributed by atoms with Crippen molar-refractivity contribution in [2.75, 3.05) is 44.3 Å². The molecule has 1 aliphatic heterocycles. The fraction of sp³-hybridized carbons (Fsp3) is 0.500. The van der Waals surface area contributed by atoms with Crippen molar-refractivity contribution in [1.29, 1.82) is 0 Å². The Hall–Kier alpha value is -1.67. The van der Waals surface area contributed by atoms with Crippen LogP contribution in [0.25, 0.3) is 0 Å². The minimum absolute atomic E-state index is 0.105. The van der Waals surface area contributed by atoms with Crippen LogP contribution in [0.15, 0.2) is 24.3 Å². The van der Waals surface area contributed by atoms with Gasteiger partial charge in [-0.2, -0.15) is 0 Å². The lowest BCUT2D eigenvalue weighted by molar-refractivity contribution is -0.122. The van der Waals surface area contributed by atoms with E-state index in [9.17, 15) is 17.6 Å². The average molecular weight is 330 g/mol. The average Bonchev–Trinajstić information content (AvgIpc) is 2.48. The van der Waals surface area contributed by atoms with Crippen LogP contribution in [-0.2, 0) is 14.6 Å². The fourth-order valence-electron chi connectivity index (χ4n) is 2.06. The Balaban J connectivity index is 1.61. The van der Waals surface area contributed by atoms with E-state index >= 15 is 0 Å². The Morgan fingerprint density at radius 3 is 2.50 bits per heavy atom. The van der Waals surface area contributed by atoms with E-state index in [2.05, 4.69) is 5.32 Å². The third kappa shape index (κ3) is 5.61. The summed E-state index contributed by atoms with van der Waals surface area (Å²) in [6.07, 6.45) is 0. The predicted octanol–water partition coefficient (Wildman–Crippen LogP) is 0.0511. The Morgan fingerprint density at radius 2 is 1.86 bits per heavy atom. The van der Waals surface area contributed by atoms with Crippen molar-refractivity contribution in [1.82, 2.24) is 10.2 Å². The van der Waals surface area contributed by atoms with E-state index in [1.165, 1.54) is 24.3 Å². The van der Waals surface area contributed by atoms with Gasteiger partial charge in [-0.05, 0) is 24.3 Å². The minimum Gasteiger partial charge on any atom is -0.492 e. The van der Waals surface area contributed by atoms with Gasteiger partial charge in [0, 0.05) is 13.1 Å². The molecule has 22 heavy (non-hydrogen) atoms. The van der Waals surface area contributed by atoms with Gasteiger partial charge in [0.05, 0.1) is 24.6 Å². The molecule has 1 N–H and O–H groups in total. The molecule has 122 valence electrons. The van der Waals surface area contributed by atoms with E-state index < -0.39 is 9.84 Å². The highest BCUT2D eigenvalue weighted by Gasteiger charge is 2.22. The summed E-state index contributed by atoms with van der Waals surface area (Å²) in [4.78, 5) is 13.5. The summed E-state index contributed by atoms with van der Waals surface area (Å²) in [6.45, 7) is 1.59. The first-order valence-corrected chi connectivity index (χ1v) is 8.85. The number of amides is 1. The quantitative estimate of drug-likeness (QED) is 0.746. The molecule has 8 heteroatoms. The van der Waals surface area contributed by atoms with E-state index in [1.54, 1.807) is 0 Å². The maximum atomic E-state index is 12.7. The molecule has 0 aliphatic carbocycles. The van der Waals surface area contributed by atoms with Crippen molar-refractivity contribution >= 4 is 15.7 Å². The van der Waals surface area contributed by atoms with Crippen LogP contribution in [0, 0.1) is 5.82 Å². The number of benzene rings is 1. The normalized spacial score (nSPS) is 17.9. The van der Waals surface area contributed by atoms with E-state index in [4.69, 9.17) is 4.74 Å². The molecule has 0 radical (unpaired) electrons. The molecule has 1 aromatic carbocycles. The molecule has 1 amide bonds. The maximum Gasteiger partial charge on any atom is 0.234 e. The van der Waals surface area contributed by atoms with Gasteiger partial charge in [0.2, 0.25) is 5.91 Å². The summed E-state index contributed by atoms with van der Waals surface area (Å²) >= 11 is 0. The first-order valence-electron chi connectivity index (χ1n) is 7.02. The van der Waals surface area contributed by atoms with Crippen LogP contribution in [0.5, 0.6) is 5.75 Å². The predicted molar refractivity (Wildman–Crippen MR) is 80.0 cm³/mol. The zero-order chi connectivity index (χ0) is 16.0. The van der Waals surface area contributed by atoms with E-state index in [1.807, 2.05) is 4.90 Å². The van der Waals surface area contributed by atoms with Gasteiger partial charge >= 0.3 is 0 Å². The van der Waals surface area contributed by atoms with Crippen molar-refractivity contribution in [3.05, 3.63) is 30.1 Å². The summed E-state index contributed by atoms with van der Waals surface area (Å²) in [5.41, 5.74) is 0. The van der Waals surface area contributed by atoms with Crippen LogP contribution in [0.4, 0.5) is 4.39 Å². The highest BCUT2D eigenvalue weighted by molar-refractivity contribution is 7.91. The first kappa shape index (κ1) is 16.7. The van der Waals surface area contributed by atoms with Crippen molar-refractivity contribution in [3.8, 4) is 5.75 Å². The lowest BCUT2D eigenvalue weighted by atomic mass is 10.3. The topological polar surface area (TPSA) is 75.7 Å². The largest absolute Gasteiger partial charge is 0.492 e. The first-order chi connectivity index (χ1) is 10.4. The molecule has 1 saturated heterocycles. The molecule has 1 fully saturated rings. The molecular weight excluding hydrogens is 311 g/mol. The van der Waals surface area contributed by atoms with Crippen LogP contribution in [-0.4, -0.2) is 63.5 Å². The summed E-state index contributed by atoms with van der Waals surface area (Å²) in [5, 5.41) is 2.70. The molecule has 1 aliphatic rings. The smallest absolute Gasteiger partial charge is 0.234 e. The summed E-state index contributed by atoms with van der Waals surface area (Å²) in [6, 6.07) is 5.65. The summed E-state index contributed by atoms with van der Waals surface area (Å²) in [7, 11) is -2.93. The Morgan fingerprint density at radius 1 is 1.23 bits per heavy atom. The molecule has 0 spiro atoms. The molecule has 2 rings (SSSR count). The van der Waals surface area contributed by atoms with E-state index in [-0.39, 0.29) is 36.4 Å². The van der Waals surface area contributed by atoms with Crippen LogP contribution in [0.1, 0.15) is 0 Å². The number of carbonyl (C=O) groups is 1. The number of nitrogens with one attached hydrogen (secondary N) is 1. The standard InChI is InChI=1S/C14H19FN2O4S/c15-12-1-3-13(4-2-12)21-8-5-16-14(18)11-17-6-9-22(19,20)10-7-17/h1-4H,5-11H2,(H,16,18). The Kier molecular flexibility index (Phi) is 5.73. The van der Waals surface area contributed by atoms with Crippen molar-refractivity contribution in [2.24, 2.45) is 0 Å². The molecular formula is C14H19FN2O4S. The maximum absolute atomic E-state index is 12.7. The second-order valence-electron chi connectivity index (χ2n) is 5.08. The SMILES string of the molecule is O=C(CN1CCS(=O)(=O)CC1)NCCOc1ccc(F)cc1. The molecule has 0 aromatic heterocycles. The monoisotopic (exact) mass is 330 g/mol. The second kappa shape index (κ2) is 7.55. The van der Waals surface area contributed by atoms with Crippen molar-refractivity contribution in [2.45, 2.75) is 0 Å². The zero-order valence-corrected chi connectivity index (χ0v) is 12.9. The van der Waals surface area contributed by atoms with Crippen LogP contribution >= 0.6 is 0 Å². The molecule has 6 nitrogen and oxygen atoms in total. The van der Waals surface area contributed by atoms with Gasteiger partial charge in [0.1, 0.15) is 18.2 Å². The lowest BCUT2D eigenvalue weighted by Crippen LogP contribution is -2.45. The number of hydrogen-bond donors (Lipinski definition) is 1. The number of halogens is 1. The van der Waals surface area contributed by atoms with Gasteiger partial charge in [-0.25, -0.2) is 12.8 Å². The van der Waals surface area contributed by atoms with Crippen molar-refractivity contribution < 1.29 is 22.3 Å². The summed E-state index contributed by atoms with van der Waals surface area (Å²) in [5.74, 6) is 0.255. The molecule has 0 saturated carbocycles. The van der Waals surface area contributed by atoms with E-state index in [0.29, 0.717) is 25.4 Å². The summed E-state index contributed by atoms with van der Waals surface area (Å²) < 4.78 is 40.6. The van der Waals surface area contributed by atoms with Gasteiger partial charge in [-0.3, -0.25) is 9.69 Å². The van der Waals surface area contributed by atoms with Gasteiger partial charge in [-0.15, -0.1) is 0 Å². The molecule has 1 aromatic rings. The Bertz CT molecular complexity index is 590. The third-order valence-corrected chi connectivity index (χ3v) is 4.92. The highest BCUT2D eigenvalue weighted by Crippen LogP contribution is 2.10. The van der Waals surface area contributed by atoms with Gasteiger partial charge in [-0.1, -0.05) is 0 Å². The van der Waals surface area contributed by atoms with Crippen molar-refractivity contribution in [3.63, 3.8) is 0 Å². The Labute approximate surface area is 129 Å². The number of nitrogens with zero attached hydrogens (tertiary/aromatic N) is 1. The third-order valence-electron chi connectivity index (χ3n) is 3.31. The van der Waals surface area contributed by atoms with Gasteiger partial charge in [0.15, 0.2) is 9.84 Å². The fourth-order valence-corrected chi connectivity index (χ4v) is 3.33. The number of carbonyl (C=O) groups excluding carboxylic acids is 1. The highest BCUT2D eigenvalue weighted by atomic mass is 32.2. The van der Waals surface area contributed by atoms with Gasteiger partial charge in [0.25, 0.3) is 0 Å². The number of sulfone groups is 1. The van der Waals surface area contributed by atoms with E-state index in [0.717, 1.165) is 0 Å². The van der Waals surface area contributed by atoms with Crippen LogP contribution in [0.3, 0.4) is 0 Å². The lowest BCUT2D eigenvalue weighted by Gasteiger charge is -2.25. The minimum atomic E-state index is -2.93. The van der Waals surface area contributed by atoms with Crippen LogP contribution < -0.4 is 10.1 Å². The second-order valence-corrected chi connectivity index (χ2v) is 7.38. The number of rotatable bonds is 6. The number of ether oxygens (including phenoxy) is 1. The van der Waals surface area contributed by atoms with Crippen LogP contribution in [0.2, 0.25) is 0 Å².